The molecule has 0 spiro atoms. The summed E-state index contributed by atoms with van der Waals surface area (Å²) >= 11 is 0. The Labute approximate surface area is 120 Å². The van der Waals surface area contributed by atoms with Crippen LogP contribution in [0.15, 0.2) is 35.5 Å². The van der Waals surface area contributed by atoms with Crippen LogP contribution in [0.4, 0.5) is 0 Å². The molecule has 3 rings (SSSR count). The summed E-state index contributed by atoms with van der Waals surface area (Å²) in [5, 5.41) is 4.22. The maximum Gasteiger partial charge on any atom is 0.365 e. The zero-order chi connectivity index (χ0) is 14.4. The second-order valence-corrected chi connectivity index (χ2v) is 6.78. The Morgan fingerprint density at radius 3 is 2.50 bits per heavy atom. The van der Waals surface area contributed by atoms with Gasteiger partial charge >= 0.3 is 5.97 Å². The summed E-state index contributed by atoms with van der Waals surface area (Å²) in [6.07, 6.45) is 3.37. The van der Waals surface area contributed by atoms with Crippen molar-refractivity contribution in [1.82, 2.24) is 0 Å². The van der Waals surface area contributed by atoms with Gasteiger partial charge in [0.2, 0.25) is 0 Å². The van der Waals surface area contributed by atoms with Crippen molar-refractivity contribution < 1.29 is 9.63 Å². The van der Waals surface area contributed by atoms with Crippen LogP contribution in [0.1, 0.15) is 50.4 Å². The molecule has 0 heterocycles. The molecular weight excluding hydrogens is 250 g/mol. The van der Waals surface area contributed by atoms with Gasteiger partial charge < -0.3 is 4.84 Å². The summed E-state index contributed by atoms with van der Waals surface area (Å²) in [6, 6.07) is 9.02. The van der Waals surface area contributed by atoms with Gasteiger partial charge in [0, 0.05) is 5.41 Å². The van der Waals surface area contributed by atoms with Crippen molar-refractivity contribution in [1.29, 1.82) is 0 Å². The molecule has 0 N–H and O–H groups in total. The Morgan fingerprint density at radius 2 is 1.95 bits per heavy atom. The molecule has 2 aliphatic carbocycles. The van der Waals surface area contributed by atoms with Crippen molar-refractivity contribution in [2.24, 2.45) is 21.9 Å². The summed E-state index contributed by atoms with van der Waals surface area (Å²) in [4.78, 5) is 17.1. The van der Waals surface area contributed by atoms with E-state index in [9.17, 15) is 4.79 Å². The zero-order valence-electron chi connectivity index (χ0n) is 12.3. The first-order valence-corrected chi connectivity index (χ1v) is 7.29. The zero-order valence-corrected chi connectivity index (χ0v) is 12.3. The number of oxime groups is 1. The van der Waals surface area contributed by atoms with Gasteiger partial charge in [-0.15, -0.1) is 0 Å². The summed E-state index contributed by atoms with van der Waals surface area (Å²) in [7, 11) is 0. The number of nitrogens with zero attached hydrogens (tertiary/aromatic N) is 1. The molecule has 3 heteroatoms. The van der Waals surface area contributed by atoms with Gasteiger partial charge in [-0.2, -0.15) is 0 Å². The van der Waals surface area contributed by atoms with Crippen molar-refractivity contribution in [2.75, 3.05) is 0 Å². The van der Waals surface area contributed by atoms with E-state index in [1.54, 1.807) is 12.1 Å². The number of carbonyl (C=O) groups is 1. The third-order valence-corrected chi connectivity index (χ3v) is 5.76. The van der Waals surface area contributed by atoms with Gasteiger partial charge in [-0.1, -0.05) is 44.1 Å². The molecule has 0 amide bonds. The van der Waals surface area contributed by atoms with Gasteiger partial charge in [0.15, 0.2) is 0 Å². The molecule has 2 bridgehead atoms. The van der Waals surface area contributed by atoms with E-state index >= 15 is 0 Å². The van der Waals surface area contributed by atoms with E-state index in [2.05, 4.69) is 25.9 Å². The molecule has 0 aromatic heterocycles. The fourth-order valence-electron chi connectivity index (χ4n) is 3.79. The molecular formula is C17H21NO2. The van der Waals surface area contributed by atoms with E-state index in [1.807, 2.05) is 18.2 Å². The quantitative estimate of drug-likeness (QED) is 0.601. The average Bonchev–Trinajstić information content (AvgIpc) is 2.78. The van der Waals surface area contributed by atoms with E-state index in [1.165, 1.54) is 6.42 Å². The van der Waals surface area contributed by atoms with Gasteiger partial charge in [-0.25, -0.2) is 4.79 Å². The first-order chi connectivity index (χ1) is 9.45. The summed E-state index contributed by atoms with van der Waals surface area (Å²) < 4.78 is 0. The van der Waals surface area contributed by atoms with Gasteiger partial charge in [0.25, 0.3) is 0 Å². The highest BCUT2D eigenvalue weighted by Gasteiger charge is 2.60. The van der Waals surface area contributed by atoms with Crippen LogP contribution < -0.4 is 0 Å². The summed E-state index contributed by atoms with van der Waals surface area (Å²) in [5.41, 5.74) is 1.94. The molecule has 2 fully saturated rings. The maximum atomic E-state index is 11.9. The van der Waals surface area contributed by atoms with Crippen molar-refractivity contribution in [3.05, 3.63) is 35.9 Å². The molecule has 2 atom stereocenters. The third kappa shape index (κ3) is 1.80. The molecule has 0 saturated heterocycles. The summed E-state index contributed by atoms with van der Waals surface area (Å²) in [6.45, 7) is 6.88. The van der Waals surface area contributed by atoms with E-state index in [0.29, 0.717) is 11.5 Å². The molecule has 0 aliphatic heterocycles. The Hall–Kier alpha value is -1.64. The molecule has 1 aromatic rings. The number of fused-ring (bicyclic) bond motifs is 2. The third-order valence-electron chi connectivity index (χ3n) is 5.76. The minimum absolute atomic E-state index is 0.0780. The lowest BCUT2D eigenvalue weighted by molar-refractivity contribution is 0.0508. The molecule has 2 unspecified atom stereocenters. The Bertz CT molecular complexity index is 562. The lowest BCUT2D eigenvalue weighted by Crippen LogP contribution is -2.32. The highest BCUT2D eigenvalue weighted by atomic mass is 16.7. The van der Waals surface area contributed by atoms with Gasteiger partial charge in [-0.05, 0) is 42.7 Å². The van der Waals surface area contributed by atoms with Crippen LogP contribution in [0.25, 0.3) is 0 Å². The summed E-state index contributed by atoms with van der Waals surface area (Å²) in [5.74, 6) is 0.295. The van der Waals surface area contributed by atoms with Crippen LogP contribution in [-0.2, 0) is 4.84 Å². The van der Waals surface area contributed by atoms with Crippen molar-refractivity contribution in [3.8, 4) is 0 Å². The predicted molar refractivity (Wildman–Crippen MR) is 78.5 cm³/mol. The molecule has 106 valence electrons. The number of carbonyl (C=O) groups excluding carboxylic acids is 1. The van der Waals surface area contributed by atoms with Crippen molar-refractivity contribution in [3.63, 3.8) is 0 Å². The Morgan fingerprint density at radius 1 is 1.25 bits per heavy atom. The lowest BCUT2D eigenvalue weighted by Gasteiger charge is -2.34. The predicted octanol–water partition coefficient (Wildman–Crippen LogP) is 4.05. The monoisotopic (exact) mass is 271 g/mol. The first kappa shape index (κ1) is 13.3. The van der Waals surface area contributed by atoms with Crippen LogP contribution in [0, 0.1) is 16.7 Å². The second-order valence-electron chi connectivity index (χ2n) is 6.78. The Balaban J connectivity index is 1.77. The lowest BCUT2D eigenvalue weighted by atomic mass is 9.70. The van der Waals surface area contributed by atoms with E-state index in [4.69, 9.17) is 4.84 Å². The van der Waals surface area contributed by atoms with Crippen LogP contribution in [0.3, 0.4) is 0 Å². The van der Waals surface area contributed by atoms with E-state index in [-0.39, 0.29) is 16.8 Å². The van der Waals surface area contributed by atoms with Gasteiger partial charge in [0.05, 0.1) is 11.3 Å². The van der Waals surface area contributed by atoms with Crippen molar-refractivity contribution in [2.45, 2.75) is 40.0 Å². The molecule has 2 aliphatic rings. The van der Waals surface area contributed by atoms with Gasteiger partial charge in [0.1, 0.15) is 0 Å². The molecule has 20 heavy (non-hydrogen) atoms. The minimum atomic E-state index is -0.373. The fraction of sp³-hybridized carbons (Fsp3) is 0.529. The van der Waals surface area contributed by atoms with Crippen LogP contribution in [-0.4, -0.2) is 11.7 Å². The maximum absolute atomic E-state index is 11.9. The van der Waals surface area contributed by atoms with E-state index in [0.717, 1.165) is 18.6 Å². The highest BCUT2D eigenvalue weighted by Crippen LogP contribution is 2.63. The molecule has 1 aromatic carbocycles. The normalized spacial score (nSPS) is 32.5. The van der Waals surface area contributed by atoms with Crippen LogP contribution in [0.5, 0.6) is 0 Å². The topological polar surface area (TPSA) is 38.7 Å². The first-order valence-electron chi connectivity index (χ1n) is 7.29. The largest absolute Gasteiger partial charge is 0.365 e. The standard InChI is InChI=1S/C17H21NO2/c1-16(2)13-9-10-17(16,3)14(11-13)18-20-15(19)12-7-5-4-6-8-12/h4-8,13H,9-11H2,1-3H3/b18-14-. The van der Waals surface area contributed by atoms with Crippen molar-refractivity contribution >= 4 is 11.7 Å². The minimum Gasteiger partial charge on any atom is -0.313 e. The van der Waals surface area contributed by atoms with Crippen LogP contribution >= 0.6 is 0 Å². The van der Waals surface area contributed by atoms with Crippen LogP contribution in [0.2, 0.25) is 0 Å². The van der Waals surface area contributed by atoms with E-state index < -0.39 is 0 Å². The smallest absolute Gasteiger partial charge is 0.313 e. The highest BCUT2D eigenvalue weighted by molar-refractivity contribution is 5.95. The number of rotatable bonds is 2. The second kappa shape index (κ2) is 4.44. The molecule has 2 saturated carbocycles. The Kier molecular flexibility index (Phi) is 2.96. The average molecular weight is 271 g/mol. The number of benzene rings is 1. The molecule has 0 radical (unpaired) electrons. The van der Waals surface area contributed by atoms with Gasteiger partial charge in [-0.3, -0.25) is 0 Å². The number of hydrogen-bond donors (Lipinski definition) is 0. The fourth-order valence-corrected chi connectivity index (χ4v) is 3.79. The number of hydrogen-bond acceptors (Lipinski definition) is 3. The molecule has 3 nitrogen and oxygen atoms in total. The SMILES string of the molecule is CC12CCC(C/C1=N/OC(=O)c1ccccc1)C2(C)C.